The van der Waals surface area contributed by atoms with Crippen LogP contribution in [-0.4, -0.2) is 87.4 Å². The van der Waals surface area contributed by atoms with Crippen LogP contribution in [0.1, 0.15) is 24.8 Å². The van der Waals surface area contributed by atoms with Crippen molar-refractivity contribution in [3.05, 3.63) is 46.7 Å². The first-order valence-electron chi connectivity index (χ1n) is 12.4. The molecule has 3 aromatic rings. The largest absolute Gasteiger partial charge is 0.461 e. The van der Waals surface area contributed by atoms with Gasteiger partial charge in [-0.05, 0) is 47.9 Å². The van der Waals surface area contributed by atoms with Crippen molar-refractivity contribution in [2.75, 3.05) is 44.7 Å². The summed E-state index contributed by atoms with van der Waals surface area (Å²) in [5.41, 5.74) is 1.49. The van der Waals surface area contributed by atoms with Crippen molar-refractivity contribution >= 4 is 33.5 Å². The van der Waals surface area contributed by atoms with E-state index >= 15 is 0 Å². The van der Waals surface area contributed by atoms with Crippen LogP contribution in [0.2, 0.25) is 0 Å². The standard InChI is InChI=1S/C25H29BrN8O3/c1-31-11-5-8-20(31)17-36-24-29-23(22-28-14-21(26)34(22)30-24)32-12-13-33(19(15-32)9-10-27)25(35)37-16-18-6-3-2-4-7-18/h2-4,6-7,14,19-20H,5,8-9,11-13,15-17H2,1H3/t19-,20-/m0/s1. The molecule has 2 fully saturated rings. The molecule has 0 bridgehead atoms. The fraction of sp³-hybridized carbons (Fsp3) is 0.480. The Bertz CT molecular complexity index is 1280. The summed E-state index contributed by atoms with van der Waals surface area (Å²) >= 11 is 3.50. The lowest BCUT2D eigenvalue weighted by Crippen LogP contribution is -2.55. The second kappa shape index (κ2) is 11.3. The zero-order valence-corrected chi connectivity index (χ0v) is 22.2. The van der Waals surface area contributed by atoms with Crippen molar-refractivity contribution in [2.45, 2.75) is 38.0 Å². The summed E-state index contributed by atoms with van der Waals surface area (Å²) in [7, 11) is 2.10. The summed E-state index contributed by atoms with van der Waals surface area (Å²) in [6, 6.07) is 12.0. The lowest BCUT2D eigenvalue weighted by molar-refractivity contribution is 0.0768. The highest BCUT2D eigenvalue weighted by molar-refractivity contribution is 9.10. The van der Waals surface area contributed by atoms with Crippen LogP contribution in [0.25, 0.3) is 5.65 Å². The van der Waals surface area contributed by atoms with Crippen molar-refractivity contribution in [2.24, 2.45) is 0 Å². The monoisotopic (exact) mass is 568 g/mol. The zero-order chi connectivity index (χ0) is 25.8. The number of hydrogen-bond acceptors (Lipinski definition) is 9. The van der Waals surface area contributed by atoms with Gasteiger partial charge in [0.2, 0.25) is 0 Å². The van der Waals surface area contributed by atoms with E-state index in [1.165, 1.54) is 0 Å². The maximum Gasteiger partial charge on any atom is 0.410 e. The van der Waals surface area contributed by atoms with Gasteiger partial charge < -0.3 is 24.2 Å². The van der Waals surface area contributed by atoms with Gasteiger partial charge in [0, 0.05) is 25.7 Å². The quantitative estimate of drug-likeness (QED) is 0.424. The molecule has 5 rings (SSSR count). The highest BCUT2D eigenvalue weighted by atomic mass is 79.9. The summed E-state index contributed by atoms with van der Waals surface area (Å²) in [5, 5.41) is 14.0. The number of aromatic nitrogens is 4. The molecule has 12 heteroatoms. The molecule has 4 heterocycles. The molecule has 2 aromatic heterocycles. The molecule has 194 valence electrons. The minimum absolute atomic E-state index is 0.174. The van der Waals surface area contributed by atoms with Crippen molar-refractivity contribution in [1.82, 2.24) is 29.4 Å². The average molecular weight is 569 g/mol. The topological polar surface area (TPSA) is 112 Å². The van der Waals surface area contributed by atoms with Crippen molar-refractivity contribution < 1.29 is 14.3 Å². The van der Waals surface area contributed by atoms with Crippen molar-refractivity contribution in [3.8, 4) is 12.1 Å². The molecule has 1 aromatic carbocycles. The van der Waals surface area contributed by atoms with Gasteiger partial charge in [0.05, 0.1) is 24.7 Å². The lowest BCUT2D eigenvalue weighted by atomic mass is 10.1. The van der Waals surface area contributed by atoms with E-state index in [0.717, 1.165) is 24.9 Å². The molecule has 11 nitrogen and oxygen atoms in total. The number of imidazole rings is 1. The van der Waals surface area contributed by atoms with Crippen LogP contribution in [-0.2, 0) is 11.3 Å². The van der Waals surface area contributed by atoms with Crippen molar-refractivity contribution in [3.63, 3.8) is 0 Å². The summed E-state index contributed by atoms with van der Waals surface area (Å²) in [6.45, 7) is 3.06. The molecule has 2 aliphatic heterocycles. The first kappa shape index (κ1) is 25.2. The molecule has 0 N–H and O–H groups in total. The lowest BCUT2D eigenvalue weighted by Gasteiger charge is -2.40. The van der Waals surface area contributed by atoms with Gasteiger partial charge in [-0.3, -0.25) is 0 Å². The Balaban J connectivity index is 1.32. The second-order valence-corrected chi connectivity index (χ2v) is 10.1. The third-order valence-electron chi connectivity index (χ3n) is 6.91. The Morgan fingerprint density at radius 3 is 2.81 bits per heavy atom. The molecule has 0 spiro atoms. The Hall–Kier alpha value is -3.43. The van der Waals surface area contributed by atoms with Crippen LogP contribution in [0.4, 0.5) is 10.6 Å². The molecule has 0 saturated carbocycles. The van der Waals surface area contributed by atoms with E-state index in [4.69, 9.17) is 14.5 Å². The first-order valence-corrected chi connectivity index (χ1v) is 13.2. The number of likely N-dealkylation sites (tertiary alicyclic amines) is 1. The number of likely N-dealkylation sites (N-methyl/N-ethyl adjacent to an activating group) is 1. The van der Waals surface area contributed by atoms with E-state index in [2.05, 4.69) is 44.0 Å². The first-order chi connectivity index (χ1) is 18.0. The molecule has 0 aliphatic carbocycles. The summed E-state index contributed by atoms with van der Waals surface area (Å²) in [4.78, 5) is 28.1. The molecule has 0 unspecified atom stereocenters. The zero-order valence-electron chi connectivity index (χ0n) is 20.7. The molecule has 2 saturated heterocycles. The number of nitriles is 1. The van der Waals surface area contributed by atoms with Crippen LogP contribution >= 0.6 is 15.9 Å². The minimum Gasteiger partial charge on any atom is -0.461 e. The normalized spacial score (nSPS) is 20.2. The maximum absolute atomic E-state index is 12.9. The smallest absolute Gasteiger partial charge is 0.410 e. The maximum atomic E-state index is 12.9. The highest BCUT2D eigenvalue weighted by Gasteiger charge is 2.33. The van der Waals surface area contributed by atoms with E-state index in [9.17, 15) is 10.1 Å². The summed E-state index contributed by atoms with van der Waals surface area (Å²) in [6.07, 6.45) is 3.66. The molecule has 2 atom stereocenters. The molecular weight excluding hydrogens is 540 g/mol. The number of anilines is 1. The van der Waals surface area contributed by atoms with E-state index < -0.39 is 6.09 Å². The number of halogens is 1. The Labute approximate surface area is 223 Å². The molecule has 0 radical (unpaired) electrons. The Morgan fingerprint density at radius 2 is 2.05 bits per heavy atom. The number of carbonyl (C=O) groups is 1. The van der Waals surface area contributed by atoms with Crippen LogP contribution in [0.5, 0.6) is 6.01 Å². The SMILES string of the molecule is CN1CCC[C@H]1COc1nc(N2CCN(C(=O)OCc3ccccc3)[C@@H](CC#N)C2)c2ncc(Br)n2n1. The van der Waals surface area contributed by atoms with Gasteiger partial charge in [-0.15, -0.1) is 5.10 Å². The second-order valence-electron chi connectivity index (χ2n) is 9.32. The third-order valence-corrected chi connectivity index (χ3v) is 7.45. The number of hydrogen-bond donors (Lipinski definition) is 0. The molecule has 2 aliphatic rings. The number of ether oxygens (including phenoxy) is 2. The van der Waals surface area contributed by atoms with Gasteiger partial charge in [-0.1, -0.05) is 30.3 Å². The number of piperazine rings is 1. The summed E-state index contributed by atoms with van der Waals surface area (Å²) < 4.78 is 13.9. The summed E-state index contributed by atoms with van der Waals surface area (Å²) in [5.74, 6) is 0.607. The van der Waals surface area contributed by atoms with Gasteiger partial charge in [0.15, 0.2) is 11.5 Å². The van der Waals surface area contributed by atoms with Crippen LogP contribution in [0, 0.1) is 11.3 Å². The highest BCUT2D eigenvalue weighted by Crippen LogP contribution is 2.27. The van der Waals surface area contributed by atoms with Gasteiger partial charge in [0.1, 0.15) is 17.8 Å². The Morgan fingerprint density at radius 1 is 1.22 bits per heavy atom. The number of carbonyl (C=O) groups excluding carboxylic acids is 1. The Kier molecular flexibility index (Phi) is 7.71. The van der Waals surface area contributed by atoms with E-state index in [1.807, 2.05) is 35.2 Å². The number of benzene rings is 1. The fourth-order valence-electron chi connectivity index (χ4n) is 4.83. The number of nitrogens with zero attached hydrogens (tertiary/aromatic N) is 8. The van der Waals surface area contributed by atoms with E-state index in [0.29, 0.717) is 48.4 Å². The van der Waals surface area contributed by atoms with Crippen LogP contribution < -0.4 is 9.64 Å². The minimum atomic E-state index is -0.426. The molecule has 1 amide bonds. The third kappa shape index (κ3) is 5.62. The van der Waals surface area contributed by atoms with Gasteiger partial charge in [0.25, 0.3) is 0 Å². The number of rotatable bonds is 7. The number of fused-ring (bicyclic) bond motifs is 1. The van der Waals surface area contributed by atoms with Gasteiger partial charge >= 0.3 is 12.1 Å². The predicted molar refractivity (Wildman–Crippen MR) is 139 cm³/mol. The van der Waals surface area contributed by atoms with Crippen molar-refractivity contribution in [1.29, 1.82) is 5.26 Å². The van der Waals surface area contributed by atoms with Gasteiger partial charge in [-0.25, -0.2) is 9.78 Å². The predicted octanol–water partition coefficient (Wildman–Crippen LogP) is 3.10. The molecular formula is C25H29BrN8O3. The van der Waals surface area contributed by atoms with E-state index in [1.54, 1.807) is 15.6 Å². The van der Waals surface area contributed by atoms with Crippen LogP contribution in [0.3, 0.4) is 0 Å². The average Bonchev–Trinajstić information content (AvgIpc) is 3.51. The molecule has 37 heavy (non-hydrogen) atoms. The fourth-order valence-corrected chi connectivity index (χ4v) is 5.17. The van der Waals surface area contributed by atoms with E-state index in [-0.39, 0.29) is 25.1 Å². The van der Waals surface area contributed by atoms with Gasteiger partial charge in [-0.2, -0.15) is 14.8 Å². The van der Waals surface area contributed by atoms with Crippen LogP contribution in [0.15, 0.2) is 41.1 Å². The number of amides is 1.